The summed E-state index contributed by atoms with van der Waals surface area (Å²) >= 11 is 1.05. The molecule has 0 aliphatic carbocycles. The first kappa shape index (κ1) is 21.3. The maximum Gasteiger partial charge on any atom is 0.332 e. The average Bonchev–Trinajstić information content (AvgIpc) is 3.22. The second-order valence-corrected chi connectivity index (χ2v) is 7.96. The quantitative estimate of drug-likeness (QED) is 0.248. The minimum Gasteiger partial charge on any atom is -0.384 e. The lowest BCUT2D eigenvalue weighted by Crippen LogP contribution is -2.41. The molecule has 1 aromatic carbocycles. The number of thioether (sulfide) groups is 1. The number of benzene rings is 1. The molecule has 0 radical (unpaired) electrons. The molecule has 0 saturated heterocycles. The van der Waals surface area contributed by atoms with Crippen molar-refractivity contribution in [2.75, 3.05) is 11.5 Å². The third kappa shape index (κ3) is 3.15. The number of hydrogen-bond acceptors (Lipinski definition) is 8. The first-order chi connectivity index (χ1) is 15.3. The van der Waals surface area contributed by atoms with Crippen LogP contribution in [0, 0.1) is 0 Å². The van der Waals surface area contributed by atoms with Gasteiger partial charge in [-0.25, -0.2) is 4.79 Å². The number of Topliss-reactive ketones (excluding diaryl/α,β-unsaturated/α-hetero) is 1. The van der Waals surface area contributed by atoms with Gasteiger partial charge in [0.25, 0.3) is 11.1 Å². The lowest BCUT2D eigenvalue weighted by Gasteiger charge is -2.11. The summed E-state index contributed by atoms with van der Waals surface area (Å²) in [6.07, 6.45) is 1.58. The molecule has 12 heteroatoms. The predicted molar refractivity (Wildman–Crippen MR) is 121 cm³/mol. The molecule has 4 aromatic rings. The molecule has 0 fully saturated rings. The Labute approximate surface area is 184 Å². The van der Waals surface area contributed by atoms with Gasteiger partial charge in [0.1, 0.15) is 11.4 Å². The molecular formula is C20H19N7O4S. The largest absolute Gasteiger partial charge is 0.384 e. The van der Waals surface area contributed by atoms with Gasteiger partial charge in [-0.05, 0) is 12.1 Å². The van der Waals surface area contributed by atoms with E-state index in [-0.39, 0.29) is 29.2 Å². The van der Waals surface area contributed by atoms with Crippen LogP contribution in [-0.2, 0) is 20.6 Å². The van der Waals surface area contributed by atoms with Crippen LogP contribution in [0.3, 0.4) is 0 Å². The number of carbonyl (C=O) groups is 1. The van der Waals surface area contributed by atoms with Gasteiger partial charge >= 0.3 is 5.69 Å². The standard InChI is InChI=1S/C20H19N7O4S/c1-4-9-26-16(29)11-7-5-6-8-12(11)27-18(26)22-23-19(27)32-10-13(28)14-15(21)24(2)20(31)25(3)17(14)30/h4-8H,1,9-10,21H2,2-3H3. The number of fused-ring (bicyclic) bond motifs is 3. The fourth-order valence-corrected chi connectivity index (χ4v) is 4.26. The van der Waals surface area contributed by atoms with Crippen molar-refractivity contribution >= 4 is 40.0 Å². The molecule has 4 rings (SSSR count). The first-order valence-corrected chi connectivity index (χ1v) is 10.5. The topological polar surface area (TPSA) is 139 Å². The Kier molecular flexibility index (Phi) is 5.30. The van der Waals surface area contributed by atoms with Crippen LogP contribution in [0.5, 0.6) is 0 Å². The highest BCUT2D eigenvalue weighted by molar-refractivity contribution is 7.99. The van der Waals surface area contributed by atoms with Gasteiger partial charge in [-0.1, -0.05) is 30.0 Å². The van der Waals surface area contributed by atoms with E-state index in [9.17, 15) is 19.2 Å². The van der Waals surface area contributed by atoms with Crippen LogP contribution in [-0.4, -0.2) is 39.8 Å². The van der Waals surface area contributed by atoms with E-state index < -0.39 is 17.0 Å². The third-order valence-electron chi connectivity index (χ3n) is 5.11. The fourth-order valence-electron chi connectivity index (χ4n) is 3.44. The molecule has 3 aromatic heterocycles. The number of carbonyl (C=O) groups excluding carboxylic acids is 1. The molecule has 0 aliphatic heterocycles. The Morgan fingerprint density at radius 1 is 1.12 bits per heavy atom. The summed E-state index contributed by atoms with van der Waals surface area (Å²) in [5, 5.41) is 9.11. The first-order valence-electron chi connectivity index (χ1n) is 9.47. The lowest BCUT2D eigenvalue weighted by molar-refractivity contribution is 0.102. The minimum absolute atomic E-state index is 0.173. The summed E-state index contributed by atoms with van der Waals surface area (Å²) in [5.74, 6) is -0.613. The Hall–Kier alpha value is -3.93. The van der Waals surface area contributed by atoms with Gasteiger partial charge in [0.15, 0.2) is 10.9 Å². The highest BCUT2D eigenvalue weighted by Gasteiger charge is 2.22. The number of nitrogens with two attached hydrogens (primary N) is 1. The van der Waals surface area contributed by atoms with Crippen molar-refractivity contribution in [2.45, 2.75) is 11.7 Å². The second kappa shape index (κ2) is 7.96. The molecule has 3 heterocycles. The van der Waals surface area contributed by atoms with Crippen LogP contribution in [0.4, 0.5) is 5.82 Å². The van der Waals surface area contributed by atoms with Gasteiger partial charge in [0.05, 0.1) is 16.7 Å². The van der Waals surface area contributed by atoms with E-state index >= 15 is 0 Å². The lowest BCUT2D eigenvalue weighted by atomic mass is 10.2. The van der Waals surface area contributed by atoms with Crippen molar-refractivity contribution in [2.24, 2.45) is 14.1 Å². The zero-order valence-corrected chi connectivity index (χ0v) is 18.1. The van der Waals surface area contributed by atoms with Crippen molar-refractivity contribution in [3.8, 4) is 0 Å². The van der Waals surface area contributed by atoms with E-state index in [1.165, 1.54) is 18.7 Å². The Morgan fingerprint density at radius 2 is 1.84 bits per heavy atom. The van der Waals surface area contributed by atoms with Gasteiger partial charge in [-0.15, -0.1) is 16.8 Å². The number of ketones is 1. The number of para-hydroxylation sites is 1. The molecule has 0 amide bonds. The van der Waals surface area contributed by atoms with Crippen LogP contribution in [0.2, 0.25) is 0 Å². The fraction of sp³-hybridized carbons (Fsp3) is 0.200. The highest BCUT2D eigenvalue weighted by Crippen LogP contribution is 2.22. The second-order valence-electron chi connectivity index (χ2n) is 7.02. The van der Waals surface area contributed by atoms with E-state index in [1.807, 2.05) is 0 Å². The molecule has 0 bridgehead atoms. The summed E-state index contributed by atoms with van der Waals surface area (Å²) in [6.45, 7) is 3.92. The van der Waals surface area contributed by atoms with Crippen LogP contribution in [0.1, 0.15) is 10.4 Å². The Bertz CT molecular complexity index is 1590. The normalized spacial score (nSPS) is 11.3. The number of anilines is 1. The monoisotopic (exact) mass is 453 g/mol. The summed E-state index contributed by atoms with van der Waals surface area (Å²) in [5.41, 5.74) is 4.60. The number of rotatable bonds is 6. The molecule has 2 N–H and O–H groups in total. The summed E-state index contributed by atoms with van der Waals surface area (Å²) < 4.78 is 5.00. The molecule has 11 nitrogen and oxygen atoms in total. The number of nitrogens with zero attached hydrogens (tertiary/aromatic N) is 6. The Morgan fingerprint density at radius 3 is 2.56 bits per heavy atom. The van der Waals surface area contributed by atoms with Crippen molar-refractivity contribution in [1.82, 2.24) is 28.3 Å². The molecule has 0 saturated carbocycles. The maximum absolute atomic E-state index is 12.9. The molecule has 32 heavy (non-hydrogen) atoms. The van der Waals surface area contributed by atoms with Crippen molar-refractivity contribution in [1.29, 1.82) is 0 Å². The van der Waals surface area contributed by atoms with E-state index in [4.69, 9.17) is 5.73 Å². The van der Waals surface area contributed by atoms with Gasteiger partial charge in [-0.2, -0.15) is 0 Å². The average molecular weight is 453 g/mol. The summed E-state index contributed by atoms with van der Waals surface area (Å²) in [7, 11) is 2.67. The van der Waals surface area contributed by atoms with E-state index in [0.29, 0.717) is 21.8 Å². The minimum atomic E-state index is -0.757. The van der Waals surface area contributed by atoms with Crippen LogP contribution >= 0.6 is 11.8 Å². The van der Waals surface area contributed by atoms with Gasteiger partial charge in [-0.3, -0.25) is 32.5 Å². The van der Waals surface area contributed by atoms with Gasteiger partial charge < -0.3 is 5.73 Å². The zero-order valence-electron chi connectivity index (χ0n) is 17.3. The van der Waals surface area contributed by atoms with E-state index in [1.54, 1.807) is 34.7 Å². The van der Waals surface area contributed by atoms with Crippen molar-refractivity contribution < 1.29 is 4.79 Å². The highest BCUT2D eigenvalue weighted by atomic mass is 32.2. The number of nitrogen functional groups attached to an aromatic ring is 1. The third-order valence-corrected chi connectivity index (χ3v) is 6.04. The van der Waals surface area contributed by atoms with Crippen molar-refractivity contribution in [3.05, 3.63) is 73.7 Å². The molecule has 0 unspecified atom stereocenters. The van der Waals surface area contributed by atoms with Crippen LogP contribution in [0.25, 0.3) is 16.7 Å². The van der Waals surface area contributed by atoms with Crippen molar-refractivity contribution in [3.63, 3.8) is 0 Å². The molecule has 0 aliphatic rings. The van der Waals surface area contributed by atoms with Gasteiger partial charge in [0, 0.05) is 20.6 Å². The number of hydrogen-bond donors (Lipinski definition) is 1. The van der Waals surface area contributed by atoms with Gasteiger partial charge in [0.2, 0.25) is 5.78 Å². The molecule has 0 atom stereocenters. The zero-order chi connectivity index (χ0) is 23.2. The van der Waals surface area contributed by atoms with E-state index in [2.05, 4.69) is 16.8 Å². The van der Waals surface area contributed by atoms with Crippen LogP contribution < -0.4 is 22.5 Å². The molecule has 164 valence electrons. The van der Waals surface area contributed by atoms with E-state index in [0.717, 1.165) is 20.9 Å². The molecule has 0 spiro atoms. The SMILES string of the molecule is C=CCn1c(=O)c2ccccc2n2c(SCC(=O)c3c(N)n(C)c(=O)n(C)c3=O)nnc12. The number of aromatic nitrogens is 6. The predicted octanol–water partition coefficient (Wildman–Crippen LogP) is 0.185. The van der Waals surface area contributed by atoms with Crippen LogP contribution in [0.15, 0.2) is 56.5 Å². The summed E-state index contributed by atoms with van der Waals surface area (Å²) in [6, 6.07) is 7.00. The Balaban J connectivity index is 1.80. The molecular weight excluding hydrogens is 434 g/mol. The smallest absolute Gasteiger partial charge is 0.332 e. The number of allylic oxidation sites excluding steroid dienone is 1. The maximum atomic E-state index is 12.9. The summed E-state index contributed by atoms with van der Waals surface area (Å²) in [4.78, 5) is 50.2.